The summed E-state index contributed by atoms with van der Waals surface area (Å²) in [6.07, 6.45) is 1.61. The average molecular weight is 403 g/mol. The van der Waals surface area contributed by atoms with E-state index in [9.17, 15) is 4.79 Å². The normalized spacial score (nSPS) is 13.8. The minimum Gasteiger partial charge on any atom is -0.497 e. The molecule has 1 aliphatic rings. The number of aryl methyl sites for hydroxylation is 1. The topological polar surface area (TPSA) is 70.6 Å². The van der Waals surface area contributed by atoms with E-state index in [-0.39, 0.29) is 6.03 Å². The number of aromatic nitrogens is 2. The van der Waals surface area contributed by atoms with Crippen molar-refractivity contribution in [2.24, 2.45) is 0 Å². The van der Waals surface area contributed by atoms with Crippen LogP contribution in [0.15, 0.2) is 60.9 Å². The van der Waals surface area contributed by atoms with Gasteiger partial charge in [0.25, 0.3) is 0 Å². The Morgan fingerprint density at radius 3 is 2.57 bits per heavy atom. The summed E-state index contributed by atoms with van der Waals surface area (Å²) in [6.45, 7) is 4.76. The lowest BCUT2D eigenvalue weighted by atomic mass is 10.1. The van der Waals surface area contributed by atoms with Gasteiger partial charge in [0.05, 0.1) is 12.8 Å². The van der Waals surface area contributed by atoms with Crippen LogP contribution in [0, 0.1) is 6.92 Å². The summed E-state index contributed by atoms with van der Waals surface area (Å²) in [5.74, 6) is 1.60. The van der Waals surface area contributed by atoms with Gasteiger partial charge in [-0.25, -0.2) is 14.8 Å². The maximum absolute atomic E-state index is 12.6. The number of ether oxygens (including phenoxy) is 1. The predicted molar refractivity (Wildman–Crippen MR) is 118 cm³/mol. The van der Waals surface area contributed by atoms with Crippen LogP contribution in [-0.4, -0.2) is 54.2 Å². The summed E-state index contributed by atoms with van der Waals surface area (Å²) >= 11 is 0. The van der Waals surface area contributed by atoms with Crippen LogP contribution in [0.4, 0.5) is 16.3 Å². The van der Waals surface area contributed by atoms with Crippen molar-refractivity contribution in [3.63, 3.8) is 0 Å². The van der Waals surface area contributed by atoms with E-state index in [2.05, 4.69) is 45.3 Å². The first-order chi connectivity index (χ1) is 14.6. The first-order valence-corrected chi connectivity index (χ1v) is 9.96. The number of nitrogens with one attached hydrogen (secondary N) is 1. The number of rotatable bonds is 4. The fraction of sp³-hybridized carbons (Fsp3) is 0.261. The average Bonchev–Trinajstić information content (AvgIpc) is 2.79. The monoisotopic (exact) mass is 403 g/mol. The van der Waals surface area contributed by atoms with E-state index in [0.717, 1.165) is 35.9 Å². The highest BCUT2D eigenvalue weighted by molar-refractivity contribution is 5.89. The zero-order chi connectivity index (χ0) is 20.9. The van der Waals surface area contributed by atoms with E-state index < -0.39 is 0 Å². The minimum atomic E-state index is -0.106. The Morgan fingerprint density at radius 1 is 1.00 bits per heavy atom. The van der Waals surface area contributed by atoms with Crippen LogP contribution in [0.25, 0.3) is 11.3 Å². The summed E-state index contributed by atoms with van der Waals surface area (Å²) in [5.41, 5.74) is 3.90. The molecule has 2 aromatic carbocycles. The maximum Gasteiger partial charge on any atom is 0.321 e. The van der Waals surface area contributed by atoms with Gasteiger partial charge >= 0.3 is 6.03 Å². The minimum absolute atomic E-state index is 0.106. The third kappa shape index (κ3) is 4.51. The molecule has 0 spiro atoms. The Labute approximate surface area is 176 Å². The number of amides is 2. The van der Waals surface area contributed by atoms with Crippen molar-refractivity contribution in [2.75, 3.05) is 43.5 Å². The molecule has 2 amide bonds. The van der Waals surface area contributed by atoms with Gasteiger partial charge in [0.2, 0.25) is 0 Å². The molecule has 0 unspecified atom stereocenters. The highest BCUT2D eigenvalue weighted by Gasteiger charge is 2.22. The molecule has 7 heteroatoms. The van der Waals surface area contributed by atoms with Crippen LogP contribution < -0.4 is 15.0 Å². The fourth-order valence-corrected chi connectivity index (χ4v) is 3.52. The van der Waals surface area contributed by atoms with Crippen LogP contribution in [0.1, 0.15) is 5.56 Å². The van der Waals surface area contributed by atoms with Crippen LogP contribution in [0.5, 0.6) is 5.75 Å². The van der Waals surface area contributed by atoms with Crippen molar-refractivity contribution in [3.8, 4) is 17.0 Å². The van der Waals surface area contributed by atoms with Gasteiger partial charge in [0, 0.05) is 49.6 Å². The number of nitrogens with zero attached hydrogens (tertiary/aromatic N) is 4. The van der Waals surface area contributed by atoms with Crippen LogP contribution >= 0.6 is 0 Å². The number of hydrogen-bond donors (Lipinski definition) is 1. The molecule has 1 fully saturated rings. The van der Waals surface area contributed by atoms with Crippen molar-refractivity contribution >= 4 is 17.5 Å². The number of methoxy groups -OCH3 is 1. The van der Waals surface area contributed by atoms with Gasteiger partial charge in [-0.1, -0.05) is 29.8 Å². The van der Waals surface area contributed by atoms with Crippen LogP contribution in [-0.2, 0) is 0 Å². The molecule has 0 aliphatic carbocycles. The van der Waals surface area contributed by atoms with Crippen molar-refractivity contribution < 1.29 is 9.53 Å². The smallest absolute Gasteiger partial charge is 0.321 e. The van der Waals surface area contributed by atoms with Crippen LogP contribution in [0.3, 0.4) is 0 Å². The lowest BCUT2D eigenvalue weighted by molar-refractivity contribution is 0.208. The second-order valence-electron chi connectivity index (χ2n) is 7.27. The first-order valence-electron chi connectivity index (χ1n) is 9.96. The number of piperazine rings is 1. The predicted octanol–water partition coefficient (Wildman–Crippen LogP) is 3.81. The Balaban J connectivity index is 1.38. The molecule has 1 aromatic heterocycles. The zero-order valence-electron chi connectivity index (χ0n) is 17.2. The molecule has 3 aromatic rings. The lowest BCUT2D eigenvalue weighted by Gasteiger charge is -2.35. The first kappa shape index (κ1) is 19.7. The van der Waals surface area contributed by atoms with E-state index in [0.29, 0.717) is 18.8 Å². The molecule has 1 saturated heterocycles. The molecule has 2 heterocycles. The largest absolute Gasteiger partial charge is 0.497 e. The third-order valence-electron chi connectivity index (χ3n) is 5.18. The Hall–Kier alpha value is -3.61. The van der Waals surface area contributed by atoms with Crippen molar-refractivity contribution in [2.45, 2.75) is 6.92 Å². The molecule has 7 nitrogen and oxygen atoms in total. The Bertz CT molecular complexity index is 1030. The molecule has 1 N–H and O–H groups in total. The SMILES string of the molecule is COc1cccc(NC(=O)N2CCN(c3cc(-c4cccc(C)c4)ncn3)CC2)c1. The molecular formula is C23H25N5O2. The number of anilines is 2. The second-order valence-corrected chi connectivity index (χ2v) is 7.27. The second kappa shape index (κ2) is 8.82. The van der Waals surface area contributed by atoms with Crippen LogP contribution in [0.2, 0.25) is 0 Å². The third-order valence-corrected chi connectivity index (χ3v) is 5.18. The van der Waals surface area contributed by atoms with E-state index in [1.165, 1.54) is 5.56 Å². The van der Waals surface area contributed by atoms with E-state index in [1.54, 1.807) is 13.4 Å². The van der Waals surface area contributed by atoms with Gasteiger partial charge in [-0.3, -0.25) is 0 Å². The van der Waals surface area contributed by atoms with Crippen molar-refractivity contribution in [3.05, 3.63) is 66.5 Å². The number of hydrogen-bond acceptors (Lipinski definition) is 5. The molecule has 0 atom stereocenters. The number of urea groups is 1. The number of carbonyl (C=O) groups is 1. The maximum atomic E-state index is 12.6. The van der Waals surface area contributed by atoms with Gasteiger partial charge in [0.15, 0.2) is 0 Å². The quantitative estimate of drug-likeness (QED) is 0.717. The van der Waals surface area contributed by atoms with E-state index in [1.807, 2.05) is 41.3 Å². The van der Waals surface area contributed by atoms with Gasteiger partial charge < -0.3 is 19.9 Å². The summed E-state index contributed by atoms with van der Waals surface area (Å²) < 4.78 is 5.21. The van der Waals surface area contributed by atoms with Crippen molar-refractivity contribution in [1.29, 1.82) is 0 Å². The molecule has 30 heavy (non-hydrogen) atoms. The summed E-state index contributed by atoms with van der Waals surface area (Å²) in [7, 11) is 1.61. The van der Waals surface area contributed by atoms with Gasteiger partial charge in [-0.05, 0) is 25.1 Å². The molecule has 0 saturated carbocycles. The molecular weight excluding hydrogens is 378 g/mol. The van der Waals surface area contributed by atoms with Gasteiger partial charge in [0.1, 0.15) is 17.9 Å². The lowest BCUT2D eigenvalue weighted by Crippen LogP contribution is -2.50. The fourth-order valence-electron chi connectivity index (χ4n) is 3.52. The molecule has 0 radical (unpaired) electrons. The summed E-state index contributed by atoms with van der Waals surface area (Å²) in [4.78, 5) is 25.5. The highest BCUT2D eigenvalue weighted by atomic mass is 16.5. The molecule has 0 bridgehead atoms. The van der Waals surface area contributed by atoms with Gasteiger partial charge in [-0.2, -0.15) is 0 Å². The number of benzene rings is 2. The molecule has 154 valence electrons. The Morgan fingerprint density at radius 2 is 1.80 bits per heavy atom. The van der Waals surface area contributed by atoms with Crippen molar-refractivity contribution in [1.82, 2.24) is 14.9 Å². The molecule has 1 aliphatic heterocycles. The zero-order valence-corrected chi connectivity index (χ0v) is 17.2. The highest BCUT2D eigenvalue weighted by Crippen LogP contribution is 2.23. The molecule has 4 rings (SSSR count). The standard InChI is InChI=1S/C23H25N5O2/c1-17-5-3-6-18(13-17)21-15-22(25-16-24-21)27-9-11-28(12-10-27)23(29)26-19-7-4-8-20(14-19)30-2/h3-8,13-16H,9-12H2,1-2H3,(H,26,29). The summed E-state index contributed by atoms with van der Waals surface area (Å²) in [5, 5.41) is 2.94. The Kier molecular flexibility index (Phi) is 5.79. The van der Waals surface area contributed by atoms with E-state index >= 15 is 0 Å². The number of carbonyl (C=O) groups excluding carboxylic acids is 1. The van der Waals surface area contributed by atoms with Gasteiger partial charge in [-0.15, -0.1) is 0 Å². The summed E-state index contributed by atoms with van der Waals surface area (Å²) in [6, 6.07) is 17.5. The van der Waals surface area contributed by atoms with E-state index in [4.69, 9.17) is 4.74 Å².